The number of imide groups is 1. The number of hydrogen-bond donors (Lipinski definition) is 0. The third kappa shape index (κ3) is 3.00. The third-order valence-corrected chi connectivity index (χ3v) is 4.32. The second-order valence-electron chi connectivity index (χ2n) is 5.14. The van der Waals surface area contributed by atoms with Gasteiger partial charge >= 0.3 is 0 Å². The largest absolute Gasteiger partial charge is 0.278 e. The molecule has 2 rings (SSSR count). The van der Waals surface area contributed by atoms with E-state index in [4.69, 9.17) is 11.6 Å². The molecule has 0 spiro atoms. The Morgan fingerprint density at radius 2 is 2.16 bits per heavy atom. The summed E-state index contributed by atoms with van der Waals surface area (Å²) >= 11 is 9.35. The lowest BCUT2D eigenvalue weighted by Gasteiger charge is -2.17. The van der Waals surface area contributed by atoms with E-state index in [0.717, 1.165) is 4.47 Å². The molecular formula is C14H15BrClNO2. The van der Waals surface area contributed by atoms with Crippen LogP contribution >= 0.6 is 27.5 Å². The molecule has 0 aliphatic carbocycles. The van der Waals surface area contributed by atoms with Gasteiger partial charge in [0.25, 0.3) is 5.91 Å². The summed E-state index contributed by atoms with van der Waals surface area (Å²) in [5.41, 5.74) is 0.369. The highest BCUT2D eigenvalue weighted by molar-refractivity contribution is 9.10. The van der Waals surface area contributed by atoms with E-state index in [1.165, 1.54) is 4.90 Å². The van der Waals surface area contributed by atoms with Crippen LogP contribution in [0.5, 0.6) is 0 Å². The predicted molar refractivity (Wildman–Crippen MR) is 78.1 cm³/mol. The average molecular weight is 345 g/mol. The highest BCUT2D eigenvalue weighted by Crippen LogP contribution is 2.28. The molecule has 2 amide bonds. The molecule has 102 valence electrons. The van der Waals surface area contributed by atoms with E-state index in [2.05, 4.69) is 29.8 Å². The Bertz CT molecular complexity index is 530. The smallest absolute Gasteiger partial charge is 0.262 e. The van der Waals surface area contributed by atoms with Crippen LogP contribution in [0.25, 0.3) is 0 Å². The van der Waals surface area contributed by atoms with Crippen molar-refractivity contribution in [3.8, 4) is 0 Å². The standard InChI is InChI=1S/C14H15BrClNO2/c1-8(2)9-5-13(18)17(7-9)14(19)11-6-10(15)3-4-12(11)16/h3-4,6,8-9H,5,7H2,1-2H3. The Balaban J connectivity index is 2.25. The van der Waals surface area contributed by atoms with E-state index in [9.17, 15) is 9.59 Å². The maximum Gasteiger partial charge on any atom is 0.262 e. The van der Waals surface area contributed by atoms with Crippen LogP contribution in [0.2, 0.25) is 5.02 Å². The van der Waals surface area contributed by atoms with E-state index in [1.54, 1.807) is 18.2 Å². The van der Waals surface area contributed by atoms with Crippen molar-refractivity contribution in [2.75, 3.05) is 6.54 Å². The lowest BCUT2D eigenvalue weighted by Crippen LogP contribution is -2.33. The minimum absolute atomic E-state index is 0.111. The maximum absolute atomic E-state index is 12.4. The fourth-order valence-electron chi connectivity index (χ4n) is 2.18. The number of rotatable bonds is 2. The zero-order valence-electron chi connectivity index (χ0n) is 10.8. The fourth-order valence-corrected chi connectivity index (χ4v) is 2.74. The monoisotopic (exact) mass is 343 g/mol. The Labute approximate surface area is 126 Å². The molecule has 1 atom stereocenters. The van der Waals surface area contributed by atoms with Crippen molar-refractivity contribution in [1.29, 1.82) is 0 Å². The summed E-state index contributed by atoms with van der Waals surface area (Å²) in [5.74, 6) is 0.210. The minimum atomic E-state index is -0.306. The lowest BCUT2D eigenvalue weighted by molar-refractivity contribution is -0.125. The summed E-state index contributed by atoms with van der Waals surface area (Å²) in [6.45, 7) is 4.62. The molecule has 1 aromatic carbocycles. The Hall–Kier alpha value is -0.870. The number of nitrogens with zero attached hydrogens (tertiary/aromatic N) is 1. The first-order valence-corrected chi connectivity index (χ1v) is 7.37. The number of carbonyl (C=O) groups is 2. The van der Waals surface area contributed by atoms with Gasteiger partial charge in [0, 0.05) is 17.4 Å². The lowest BCUT2D eigenvalue weighted by atomic mass is 9.95. The molecule has 0 saturated carbocycles. The van der Waals surface area contributed by atoms with Crippen LogP contribution in [0.4, 0.5) is 0 Å². The van der Waals surface area contributed by atoms with Gasteiger partial charge in [0.1, 0.15) is 0 Å². The van der Waals surface area contributed by atoms with Crippen LogP contribution in [-0.2, 0) is 4.79 Å². The van der Waals surface area contributed by atoms with Crippen molar-refractivity contribution >= 4 is 39.3 Å². The molecule has 1 saturated heterocycles. The average Bonchev–Trinajstić information content (AvgIpc) is 2.74. The maximum atomic E-state index is 12.4. The summed E-state index contributed by atoms with van der Waals surface area (Å²) in [4.78, 5) is 25.7. The van der Waals surface area contributed by atoms with Crippen LogP contribution in [-0.4, -0.2) is 23.3 Å². The van der Waals surface area contributed by atoms with E-state index < -0.39 is 0 Å². The summed E-state index contributed by atoms with van der Waals surface area (Å²) in [6.07, 6.45) is 0.440. The molecule has 1 aliphatic rings. The SMILES string of the molecule is CC(C)C1CC(=O)N(C(=O)c2cc(Br)ccc2Cl)C1. The van der Waals surface area contributed by atoms with Crippen LogP contribution in [0.3, 0.4) is 0 Å². The summed E-state index contributed by atoms with van der Waals surface area (Å²) in [7, 11) is 0. The zero-order valence-corrected chi connectivity index (χ0v) is 13.2. The predicted octanol–water partition coefficient (Wildman–Crippen LogP) is 3.75. The molecule has 1 fully saturated rings. The molecule has 0 aromatic heterocycles. The number of carbonyl (C=O) groups excluding carboxylic acids is 2. The normalized spacial score (nSPS) is 19.3. The Kier molecular flexibility index (Phi) is 4.31. The molecule has 1 aromatic rings. The van der Waals surface area contributed by atoms with Crippen molar-refractivity contribution in [3.63, 3.8) is 0 Å². The molecule has 0 bridgehead atoms. The molecule has 19 heavy (non-hydrogen) atoms. The van der Waals surface area contributed by atoms with Gasteiger partial charge in [0.05, 0.1) is 10.6 Å². The highest BCUT2D eigenvalue weighted by Gasteiger charge is 2.36. The highest BCUT2D eigenvalue weighted by atomic mass is 79.9. The number of likely N-dealkylation sites (tertiary alicyclic amines) is 1. The van der Waals surface area contributed by atoms with E-state index in [0.29, 0.717) is 29.5 Å². The number of amides is 2. The van der Waals surface area contributed by atoms with Gasteiger partial charge in [-0.25, -0.2) is 0 Å². The Morgan fingerprint density at radius 3 is 2.74 bits per heavy atom. The van der Waals surface area contributed by atoms with Gasteiger partial charge in [-0.3, -0.25) is 14.5 Å². The van der Waals surface area contributed by atoms with Crippen molar-refractivity contribution in [2.45, 2.75) is 20.3 Å². The van der Waals surface area contributed by atoms with E-state index in [-0.39, 0.29) is 17.7 Å². The summed E-state index contributed by atoms with van der Waals surface area (Å²) in [5, 5.41) is 0.369. The van der Waals surface area contributed by atoms with Gasteiger partial charge in [-0.2, -0.15) is 0 Å². The van der Waals surface area contributed by atoms with Gasteiger partial charge in [-0.05, 0) is 30.0 Å². The van der Waals surface area contributed by atoms with Crippen LogP contribution in [0, 0.1) is 11.8 Å². The molecular weight excluding hydrogens is 330 g/mol. The summed E-state index contributed by atoms with van der Waals surface area (Å²) in [6, 6.07) is 5.07. The van der Waals surface area contributed by atoms with Crippen molar-refractivity contribution in [3.05, 3.63) is 33.3 Å². The first-order valence-electron chi connectivity index (χ1n) is 6.20. The minimum Gasteiger partial charge on any atom is -0.278 e. The molecule has 0 radical (unpaired) electrons. The van der Waals surface area contributed by atoms with Crippen molar-refractivity contribution in [1.82, 2.24) is 4.90 Å². The molecule has 1 aliphatic heterocycles. The topological polar surface area (TPSA) is 37.4 Å². The van der Waals surface area contributed by atoms with Crippen LogP contribution < -0.4 is 0 Å². The number of hydrogen-bond acceptors (Lipinski definition) is 2. The van der Waals surface area contributed by atoms with Gasteiger partial charge < -0.3 is 0 Å². The second kappa shape index (κ2) is 5.63. The van der Waals surface area contributed by atoms with Crippen LogP contribution in [0.1, 0.15) is 30.6 Å². The summed E-state index contributed by atoms with van der Waals surface area (Å²) < 4.78 is 0.771. The fraction of sp³-hybridized carbons (Fsp3) is 0.429. The number of benzene rings is 1. The zero-order chi connectivity index (χ0) is 14.2. The third-order valence-electron chi connectivity index (χ3n) is 3.50. The van der Waals surface area contributed by atoms with E-state index in [1.807, 2.05) is 0 Å². The second-order valence-corrected chi connectivity index (χ2v) is 6.46. The van der Waals surface area contributed by atoms with Gasteiger partial charge in [0.15, 0.2) is 0 Å². The molecule has 5 heteroatoms. The quantitative estimate of drug-likeness (QED) is 0.766. The van der Waals surface area contributed by atoms with Gasteiger partial charge in [-0.1, -0.05) is 41.4 Å². The first kappa shape index (κ1) is 14.5. The van der Waals surface area contributed by atoms with Crippen molar-refractivity contribution in [2.24, 2.45) is 11.8 Å². The van der Waals surface area contributed by atoms with E-state index >= 15 is 0 Å². The molecule has 1 unspecified atom stereocenters. The number of halogens is 2. The molecule has 0 N–H and O–H groups in total. The van der Waals surface area contributed by atoms with Gasteiger partial charge in [0.2, 0.25) is 5.91 Å². The van der Waals surface area contributed by atoms with Crippen molar-refractivity contribution < 1.29 is 9.59 Å². The van der Waals surface area contributed by atoms with Gasteiger partial charge in [-0.15, -0.1) is 0 Å². The molecule has 3 nitrogen and oxygen atoms in total. The molecule has 1 heterocycles. The van der Waals surface area contributed by atoms with Crippen LogP contribution in [0.15, 0.2) is 22.7 Å². The Morgan fingerprint density at radius 1 is 1.47 bits per heavy atom. The first-order chi connectivity index (χ1) is 8.90.